The molecule has 0 radical (unpaired) electrons. The van der Waals surface area contributed by atoms with Gasteiger partial charge >= 0.3 is 5.97 Å². The molecule has 1 aromatic rings. The van der Waals surface area contributed by atoms with E-state index in [1.165, 1.54) is 7.11 Å². The topological polar surface area (TPSA) is 52.3 Å². The molecule has 0 aliphatic rings. The first-order valence-corrected chi connectivity index (χ1v) is 5.07. The molecule has 0 bridgehead atoms. The second kappa shape index (κ2) is 5.46. The normalized spacial score (nSPS) is 10.5. The number of methoxy groups -OCH3 is 1. The summed E-state index contributed by atoms with van der Waals surface area (Å²) in [7, 11) is 1.35. The summed E-state index contributed by atoms with van der Waals surface area (Å²) in [6.07, 6.45) is 3.69. The van der Waals surface area contributed by atoms with Gasteiger partial charge in [-0.05, 0) is 23.8 Å². The average molecular weight is 223 g/mol. The predicted molar refractivity (Wildman–Crippen MR) is 65.1 cm³/mol. The van der Waals surface area contributed by atoms with Gasteiger partial charge in [-0.1, -0.05) is 12.2 Å². The second-order valence-corrected chi connectivity index (χ2v) is 3.29. The van der Waals surface area contributed by atoms with E-state index in [1.807, 2.05) is 12.2 Å². The monoisotopic (exact) mass is 223 g/mol. The fourth-order valence-corrected chi connectivity index (χ4v) is 1.25. The third kappa shape index (κ3) is 3.02. The third-order valence-corrected chi connectivity index (χ3v) is 2.12. The fraction of sp³-hybridized carbons (Fsp3) is 0.182. The van der Waals surface area contributed by atoms with E-state index in [0.717, 1.165) is 5.56 Å². The van der Waals surface area contributed by atoms with Crippen LogP contribution >= 0.6 is 12.6 Å². The van der Waals surface area contributed by atoms with Crippen molar-refractivity contribution in [2.75, 3.05) is 18.6 Å². The van der Waals surface area contributed by atoms with E-state index in [9.17, 15) is 4.79 Å². The summed E-state index contributed by atoms with van der Waals surface area (Å²) in [5.74, 6) is 0.262. The van der Waals surface area contributed by atoms with Crippen LogP contribution in [0.25, 0.3) is 6.08 Å². The summed E-state index contributed by atoms with van der Waals surface area (Å²) < 4.78 is 4.62. The Morgan fingerprint density at radius 3 is 2.93 bits per heavy atom. The van der Waals surface area contributed by atoms with E-state index < -0.39 is 0 Å². The van der Waals surface area contributed by atoms with Crippen molar-refractivity contribution in [3.8, 4) is 0 Å². The molecule has 0 heterocycles. The molecule has 0 aromatic heterocycles. The van der Waals surface area contributed by atoms with E-state index >= 15 is 0 Å². The Kier molecular flexibility index (Phi) is 4.24. The van der Waals surface area contributed by atoms with Gasteiger partial charge in [0.15, 0.2) is 0 Å². The number of benzene rings is 1. The molecule has 0 aliphatic heterocycles. The van der Waals surface area contributed by atoms with Gasteiger partial charge in [0.05, 0.1) is 12.7 Å². The van der Waals surface area contributed by atoms with Crippen LogP contribution in [-0.4, -0.2) is 18.8 Å². The maximum atomic E-state index is 11.2. The fourth-order valence-electron chi connectivity index (χ4n) is 1.14. The summed E-state index contributed by atoms with van der Waals surface area (Å²) in [4.78, 5) is 11.2. The van der Waals surface area contributed by atoms with Crippen LogP contribution in [0.1, 0.15) is 15.9 Å². The van der Waals surface area contributed by atoms with Crippen molar-refractivity contribution in [1.82, 2.24) is 0 Å². The van der Waals surface area contributed by atoms with Gasteiger partial charge in [0.2, 0.25) is 0 Å². The highest BCUT2D eigenvalue weighted by Crippen LogP contribution is 2.16. The maximum absolute atomic E-state index is 11.2. The van der Waals surface area contributed by atoms with E-state index in [2.05, 4.69) is 17.4 Å². The quantitative estimate of drug-likeness (QED) is 0.468. The molecular formula is C11H13NO2S. The number of esters is 1. The van der Waals surface area contributed by atoms with Crippen molar-refractivity contribution in [2.24, 2.45) is 0 Å². The van der Waals surface area contributed by atoms with Gasteiger partial charge in [-0.2, -0.15) is 12.6 Å². The first kappa shape index (κ1) is 11.7. The van der Waals surface area contributed by atoms with Crippen molar-refractivity contribution < 1.29 is 9.53 Å². The van der Waals surface area contributed by atoms with Crippen molar-refractivity contribution in [3.63, 3.8) is 0 Å². The van der Waals surface area contributed by atoms with Gasteiger partial charge in [-0.15, -0.1) is 0 Å². The number of carbonyl (C=O) groups excluding carboxylic acids is 1. The number of nitrogens with two attached hydrogens (primary N) is 1. The lowest BCUT2D eigenvalue weighted by atomic mass is 10.1. The Balaban J connectivity index is 3.05. The minimum atomic E-state index is -0.365. The Labute approximate surface area is 94.3 Å². The molecule has 4 heteroatoms. The van der Waals surface area contributed by atoms with Gasteiger partial charge in [-0.25, -0.2) is 4.79 Å². The summed E-state index contributed by atoms with van der Waals surface area (Å²) in [5.41, 5.74) is 7.66. The summed E-state index contributed by atoms with van der Waals surface area (Å²) >= 11 is 4.05. The molecule has 0 saturated carbocycles. The minimum absolute atomic E-state index is 0.365. The van der Waals surface area contributed by atoms with Gasteiger partial charge < -0.3 is 10.5 Å². The highest BCUT2D eigenvalue weighted by atomic mass is 32.1. The lowest BCUT2D eigenvalue weighted by molar-refractivity contribution is 0.0601. The molecule has 0 unspecified atom stereocenters. The number of carbonyl (C=O) groups is 1. The second-order valence-electron chi connectivity index (χ2n) is 2.92. The lowest BCUT2D eigenvalue weighted by Crippen LogP contribution is -2.02. The van der Waals surface area contributed by atoms with E-state index in [1.54, 1.807) is 18.2 Å². The smallest absolute Gasteiger partial charge is 0.337 e. The number of hydrogen-bond donors (Lipinski definition) is 2. The summed E-state index contributed by atoms with van der Waals surface area (Å²) in [5, 5.41) is 0. The molecule has 0 saturated heterocycles. The molecular weight excluding hydrogens is 210 g/mol. The van der Waals surface area contributed by atoms with Gasteiger partial charge in [0, 0.05) is 11.4 Å². The Hall–Kier alpha value is -1.42. The van der Waals surface area contributed by atoms with E-state index in [4.69, 9.17) is 5.73 Å². The maximum Gasteiger partial charge on any atom is 0.337 e. The third-order valence-electron chi connectivity index (χ3n) is 1.91. The first-order chi connectivity index (χ1) is 7.19. The largest absolute Gasteiger partial charge is 0.465 e. The zero-order valence-corrected chi connectivity index (χ0v) is 9.33. The predicted octanol–water partition coefficient (Wildman–Crippen LogP) is 2.00. The van der Waals surface area contributed by atoms with Crippen LogP contribution in [0.2, 0.25) is 0 Å². The molecule has 0 aliphatic carbocycles. The Morgan fingerprint density at radius 2 is 2.33 bits per heavy atom. The average Bonchev–Trinajstić information content (AvgIpc) is 2.27. The van der Waals surface area contributed by atoms with Crippen molar-refractivity contribution in [3.05, 3.63) is 35.4 Å². The van der Waals surface area contributed by atoms with E-state index in [-0.39, 0.29) is 5.97 Å². The van der Waals surface area contributed by atoms with Crippen LogP contribution in [0.5, 0.6) is 0 Å². The lowest BCUT2D eigenvalue weighted by Gasteiger charge is -2.03. The molecule has 3 nitrogen and oxygen atoms in total. The van der Waals surface area contributed by atoms with Crippen LogP contribution in [0.15, 0.2) is 24.3 Å². The number of anilines is 1. The molecule has 0 atom stereocenters. The molecule has 1 rings (SSSR count). The van der Waals surface area contributed by atoms with Crippen molar-refractivity contribution >= 4 is 30.4 Å². The highest BCUT2D eigenvalue weighted by Gasteiger charge is 2.06. The first-order valence-electron chi connectivity index (χ1n) is 4.44. The zero-order chi connectivity index (χ0) is 11.3. The van der Waals surface area contributed by atoms with Crippen LogP contribution < -0.4 is 5.73 Å². The van der Waals surface area contributed by atoms with Crippen molar-refractivity contribution in [2.45, 2.75) is 0 Å². The van der Waals surface area contributed by atoms with Crippen LogP contribution in [-0.2, 0) is 4.74 Å². The highest BCUT2D eigenvalue weighted by molar-refractivity contribution is 7.80. The summed E-state index contributed by atoms with van der Waals surface area (Å²) in [6, 6.07) is 5.02. The molecule has 0 spiro atoms. The molecule has 80 valence electrons. The number of ether oxygens (including phenoxy) is 1. The standard InChI is InChI=1S/C11H13NO2S/c1-14-11(13)9-4-5-10(12)8(7-9)3-2-6-15/h2-5,7,15H,6,12H2,1H3. The van der Waals surface area contributed by atoms with Crippen molar-refractivity contribution in [1.29, 1.82) is 0 Å². The zero-order valence-electron chi connectivity index (χ0n) is 8.43. The minimum Gasteiger partial charge on any atom is -0.465 e. The molecule has 1 aromatic carbocycles. The van der Waals surface area contributed by atoms with Crippen LogP contribution in [0.4, 0.5) is 5.69 Å². The van der Waals surface area contributed by atoms with Crippen LogP contribution in [0.3, 0.4) is 0 Å². The molecule has 2 N–H and O–H groups in total. The SMILES string of the molecule is COC(=O)c1ccc(N)c(C=CCS)c1. The van der Waals surface area contributed by atoms with Gasteiger partial charge in [-0.3, -0.25) is 0 Å². The van der Waals surface area contributed by atoms with Gasteiger partial charge in [0.25, 0.3) is 0 Å². The molecule has 0 amide bonds. The van der Waals surface area contributed by atoms with Gasteiger partial charge in [0.1, 0.15) is 0 Å². The Morgan fingerprint density at radius 1 is 1.60 bits per heavy atom. The number of thiol groups is 1. The molecule has 0 fully saturated rings. The van der Waals surface area contributed by atoms with Crippen LogP contribution in [0, 0.1) is 0 Å². The Bertz CT molecular complexity index is 388. The number of hydrogen-bond acceptors (Lipinski definition) is 4. The van der Waals surface area contributed by atoms with E-state index in [0.29, 0.717) is 17.0 Å². The molecule has 15 heavy (non-hydrogen) atoms. The number of nitrogen functional groups attached to an aromatic ring is 1. The summed E-state index contributed by atoms with van der Waals surface area (Å²) in [6.45, 7) is 0. The number of rotatable bonds is 3.